The van der Waals surface area contributed by atoms with E-state index in [0.717, 1.165) is 18.9 Å². The van der Waals surface area contributed by atoms with Gasteiger partial charge < -0.3 is 10.6 Å². The van der Waals surface area contributed by atoms with Crippen LogP contribution in [-0.2, 0) is 9.84 Å². The first kappa shape index (κ1) is 19.0. The second-order valence-corrected chi connectivity index (χ2v) is 8.93. The van der Waals surface area contributed by atoms with Crippen LogP contribution in [0.3, 0.4) is 0 Å². The number of nitrogens with one attached hydrogen (secondary N) is 2. The van der Waals surface area contributed by atoms with E-state index in [0.29, 0.717) is 35.9 Å². The number of aliphatic imine (C=N–C) groups is 1. The Kier molecular flexibility index (Phi) is 7.23. The van der Waals surface area contributed by atoms with E-state index >= 15 is 0 Å². The van der Waals surface area contributed by atoms with Crippen molar-refractivity contribution in [2.45, 2.75) is 39.7 Å². The molecule has 2 fully saturated rings. The topological polar surface area (TPSA) is 70.6 Å². The maximum absolute atomic E-state index is 11.5. The van der Waals surface area contributed by atoms with Crippen molar-refractivity contribution in [1.82, 2.24) is 10.6 Å². The zero-order valence-corrected chi connectivity index (χ0v) is 16.3. The van der Waals surface area contributed by atoms with Gasteiger partial charge in [0.05, 0.1) is 11.5 Å². The van der Waals surface area contributed by atoms with Crippen molar-refractivity contribution in [2.75, 3.05) is 24.6 Å². The second kappa shape index (κ2) is 7.99. The number of nitrogens with zero attached hydrogens (tertiary/aromatic N) is 1. The summed E-state index contributed by atoms with van der Waals surface area (Å²) in [6.07, 6.45) is 1.97. The summed E-state index contributed by atoms with van der Waals surface area (Å²) in [6, 6.07) is 0.528. The number of hydrogen-bond acceptors (Lipinski definition) is 3. The van der Waals surface area contributed by atoms with Crippen molar-refractivity contribution in [3.8, 4) is 0 Å². The highest BCUT2D eigenvalue weighted by Gasteiger charge is 2.33. The highest BCUT2D eigenvalue weighted by atomic mass is 127. The van der Waals surface area contributed by atoms with Gasteiger partial charge in [-0.1, -0.05) is 20.8 Å². The molecule has 1 aliphatic carbocycles. The van der Waals surface area contributed by atoms with E-state index in [1.54, 1.807) is 0 Å². The van der Waals surface area contributed by atoms with Crippen LogP contribution in [0.5, 0.6) is 0 Å². The summed E-state index contributed by atoms with van der Waals surface area (Å²) in [7, 11) is -2.79. The molecule has 0 bridgehead atoms. The molecule has 0 radical (unpaired) electrons. The SMILES string of the molecule is CC(C)CN=C(NCC1CCS(=O)(=O)C1)NC1CC1C.I. The van der Waals surface area contributed by atoms with Crippen molar-refractivity contribution >= 4 is 39.8 Å². The molecule has 0 aromatic heterocycles. The van der Waals surface area contributed by atoms with Crippen LogP contribution in [0.15, 0.2) is 4.99 Å². The molecular formula is C14H28IN3O2S. The molecule has 7 heteroatoms. The summed E-state index contributed by atoms with van der Waals surface area (Å²) in [5.41, 5.74) is 0. The van der Waals surface area contributed by atoms with Crippen LogP contribution in [0.1, 0.15) is 33.6 Å². The van der Waals surface area contributed by atoms with Gasteiger partial charge in [0, 0.05) is 19.1 Å². The lowest BCUT2D eigenvalue weighted by Crippen LogP contribution is -2.41. The average molecular weight is 429 g/mol. The van der Waals surface area contributed by atoms with E-state index in [9.17, 15) is 8.42 Å². The smallest absolute Gasteiger partial charge is 0.191 e. The predicted octanol–water partition coefficient (Wildman–Crippen LogP) is 1.64. The molecule has 1 heterocycles. The largest absolute Gasteiger partial charge is 0.356 e. The Bertz CT molecular complexity index is 465. The molecule has 3 unspecified atom stereocenters. The number of hydrogen-bond donors (Lipinski definition) is 2. The highest BCUT2D eigenvalue weighted by Crippen LogP contribution is 2.28. The molecule has 1 aliphatic heterocycles. The second-order valence-electron chi connectivity index (χ2n) is 6.70. The molecule has 0 amide bonds. The van der Waals surface area contributed by atoms with Crippen molar-refractivity contribution in [2.24, 2.45) is 22.7 Å². The fourth-order valence-corrected chi connectivity index (χ4v) is 4.26. The van der Waals surface area contributed by atoms with Gasteiger partial charge in [0.1, 0.15) is 0 Å². The van der Waals surface area contributed by atoms with Crippen molar-refractivity contribution in [1.29, 1.82) is 0 Å². The van der Waals surface area contributed by atoms with Gasteiger partial charge in [0.15, 0.2) is 15.8 Å². The quantitative estimate of drug-likeness (QED) is 0.396. The molecule has 124 valence electrons. The van der Waals surface area contributed by atoms with Gasteiger partial charge in [-0.2, -0.15) is 0 Å². The fraction of sp³-hybridized carbons (Fsp3) is 0.929. The van der Waals surface area contributed by atoms with Crippen LogP contribution in [0.2, 0.25) is 0 Å². The Hall–Kier alpha value is -0.0500. The lowest BCUT2D eigenvalue weighted by molar-refractivity contribution is 0.563. The molecule has 0 aromatic carbocycles. The van der Waals surface area contributed by atoms with E-state index in [2.05, 4.69) is 36.4 Å². The molecular weight excluding hydrogens is 401 g/mol. The Morgan fingerprint density at radius 2 is 2.05 bits per heavy atom. The lowest BCUT2D eigenvalue weighted by atomic mass is 10.1. The molecule has 1 saturated carbocycles. The Morgan fingerprint density at radius 3 is 2.52 bits per heavy atom. The fourth-order valence-electron chi connectivity index (χ4n) is 2.40. The lowest BCUT2D eigenvalue weighted by Gasteiger charge is -2.15. The molecule has 0 spiro atoms. The minimum absolute atomic E-state index is 0. The van der Waals surface area contributed by atoms with E-state index < -0.39 is 9.84 Å². The van der Waals surface area contributed by atoms with Crippen LogP contribution in [0.25, 0.3) is 0 Å². The van der Waals surface area contributed by atoms with Gasteiger partial charge >= 0.3 is 0 Å². The Balaban J connectivity index is 0.00000220. The van der Waals surface area contributed by atoms with E-state index in [1.807, 2.05) is 0 Å². The molecule has 5 nitrogen and oxygen atoms in total. The summed E-state index contributed by atoms with van der Waals surface area (Å²) in [5.74, 6) is 2.97. The predicted molar refractivity (Wildman–Crippen MR) is 98.0 cm³/mol. The van der Waals surface area contributed by atoms with Crippen LogP contribution >= 0.6 is 24.0 Å². The average Bonchev–Trinajstić information content (AvgIpc) is 2.92. The van der Waals surface area contributed by atoms with Gasteiger partial charge in [-0.25, -0.2) is 8.42 Å². The normalized spacial score (nSPS) is 30.9. The Morgan fingerprint density at radius 1 is 1.38 bits per heavy atom. The molecule has 3 atom stereocenters. The van der Waals surface area contributed by atoms with Crippen molar-refractivity contribution in [3.05, 3.63) is 0 Å². The van der Waals surface area contributed by atoms with Gasteiger partial charge in [-0.05, 0) is 30.6 Å². The van der Waals surface area contributed by atoms with Gasteiger partial charge in [0.25, 0.3) is 0 Å². The monoisotopic (exact) mass is 429 g/mol. The molecule has 2 N–H and O–H groups in total. The Labute approximate surface area is 145 Å². The van der Waals surface area contributed by atoms with Crippen molar-refractivity contribution in [3.63, 3.8) is 0 Å². The zero-order chi connectivity index (χ0) is 14.8. The maximum atomic E-state index is 11.5. The van der Waals surface area contributed by atoms with Gasteiger partial charge in [-0.15, -0.1) is 24.0 Å². The third-order valence-corrected chi connectivity index (χ3v) is 5.77. The number of rotatable bonds is 5. The van der Waals surface area contributed by atoms with Crippen LogP contribution in [0.4, 0.5) is 0 Å². The van der Waals surface area contributed by atoms with Crippen LogP contribution < -0.4 is 10.6 Å². The van der Waals surface area contributed by atoms with E-state index in [4.69, 9.17) is 0 Å². The first-order valence-corrected chi connectivity index (χ1v) is 9.43. The number of guanidine groups is 1. The molecule has 21 heavy (non-hydrogen) atoms. The first-order chi connectivity index (χ1) is 9.35. The molecule has 0 aromatic rings. The van der Waals surface area contributed by atoms with Gasteiger partial charge in [0.2, 0.25) is 0 Å². The zero-order valence-electron chi connectivity index (χ0n) is 13.1. The van der Waals surface area contributed by atoms with E-state index in [-0.39, 0.29) is 29.9 Å². The number of sulfone groups is 1. The van der Waals surface area contributed by atoms with E-state index in [1.165, 1.54) is 6.42 Å². The molecule has 2 rings (SSSR count). The summed E-state index contributed by atoms with van der Waals surface area (Å²) in [5, 5.41) is 6.75. The van der Waals surface area contributed by atoms with Crippen LogP contribution in [-0.4, -0.2) is 45.0 Å². The minimum Gasteiger partial charge on any atom is -0.356 e. The maximum Gasteiger partial charge on any atom is 0.191 e. The molecule has 2 aliphatic rings. The summed E-state index contributed by atoms with van der Waals surface area (Å²) < 4.78 is 22.9. The summed E-state index contributed by atoms with van der Waals surface area (Å²) in [6.45, 7) is 8.00. The summed E-state index contributed by atoms with van der Waals surface area (Å²) in [4.78, 5) is 4.58. The first-order valence-electron chi connectivity index (χ1n) is 7.61. The van der Waals surface area contributed by atoms with Crippen LogP contribution in [0, 0.1) is 17.8 Å². The number of halogens is 1. The standard InChI is InChI=1S/C14H27N3O2S.HI/c1-10(2)7-15-14(17-13-6-11(13)3)16-8-12-4-5-20(18,19)9-12;/h10-13H,4-9H2,1-3H3,(H2,15,16,17);1H. The van der Waals surface area contributed by atoms with Gasteiger partial charge in [-0.3, -0.25) is 4.99 Å². The third-order valence-electron chi connectivity index (χ3n) is 3.93. The molecule has 1 saturated heterocycles. The minimum atomic E-state index is -2.79. The van der Waals surface area contributed by atoms with Crippen molar-refractivity contribution < 1.29 is 8.42 Å². The highest BCUT2D eigenvalue weighted by molar-refractivity contribution is 14.0. The third kappa shape index (κ3) is 6.71. The summed E-state index contributed by atoms with van der Waals surface area (Å²) >= 11 is 0.